The molecule has 2 aromatic carbocycles. The molecule has 0 saturated carbocycles. The smallest absolute Gasteiger partial charge is 0.285 e. The minimum Gasteiger partial charge on any atom is -0.504 e. The van der Waals surface area contributed by atoms with Crippen LogP contribution in [0.25, 0.3) is 6.08 Å². The number of thioether (sulfide) groups is 1. The van der Waals surface area contributed by atoms with E-state index < -0.39 is 11.8 Å². The van der Waals surface area contributed by atoms with Crippen LogP contribution >= 0.6 is 46.6 Å². The summed E-state index contributed by atoms with van der Waals surface area (Å²) in [5.74, 6) is 0.0417. The van der Waals surface area contributed by atoms with Crippen LogP contribution in [0.3, 0.4) is 0 Å². The normalized spacial score (nSPS) is 15.0. The molecule has 0 spiro atoms. The molecule has 2 amide bonds. The zero-order valence-electron chi connectivity index (χ0n) is 15.3. The van der Waals surface area contributed by atoms with Crippen molar-refractivity contribution < 1.29 is 24.2 Å². The number of methoxy groups -OCH3 is 2. The Kier molecular flexibility index (Phi) is 6.65. The number of hydrazine groups is 1. The van der Waals surface area contributed by atoms with Gasteiger partial charge in [-0.15, -0.1) is 0 Å². The number of rotatable bonds is 5. The van der Waals surface area contributed by atoms with Gasteiger partial charge in [0.05, 0.1) is 22.7 Å². The first-order valence-corrected chi connectivity index (χ1v) is 10.4. The lowest BCUT2D eigenvalue weighted by Crippen LogP contribution is -2.44. The zero-order chi connectivity index (χ0) is 21.1. The van der Waals surface area contributed by atoms with Crippen molar-refractivity contribution in [3.63, 3.8) is 0 Å². The maximum atomic E-state index is 12.7. The maximum absolute atomic E-state index is 12.7. The highest BCUT2D eigenvalue weighted by molar-refractivity contribution is 14.1. The molecule has 1 heterocycles. The van der Waals surface area contributed by atoms with E-state index in [1.165, 1.54) is 14.2 Å². The number of benzene rings is 2. The SMILES string of the molecule is COc1ccc(C(=O)NN2C(=O)/C(=C\c3cc(I)c(O)c(OC)c3)SC2=S)cc1. The second kappa shape index (κ2) is 9.01. The summed E-state index contributed by atoms with van der Waals surface area (Å²) in [6, 6.07) is 9.80. The molecule has 1 aliphatic rings. The Hall–Kier alpha value is -2.31. The quantitative estimate of drug-likeness (QED) is 0.340. The molecule has 1 saturated heterocycles. The van der Waals surface area contributed by atoms with E-state index in [0.717, 1.165) is 16.8 Å². The Labute approximate surface area is 190 Å². The van der Waals surface area contributed by atoms with Crippen molar-refractivity contribution in [3.8, 4) is 17.2 Å². The number of phenolic OH excluding ortho intramolecular Hbond substituents is 1. The highest BCUT2D eigenvalue weighted by Crippen LogP contribution is 2.36. The lowest BCUT2D eigenvalue weighted by atomic mass is 10.2. The largest absolute Gasteiger partial charge is 0.504 e. The van der Waals surface area contributed by atoms with Gasteiger partial charge in [-0.25, -0.2) is 0 Å². The molecule has 29 heavy (non-hydrogen) atoms. The van der Waals surface area contributed by atoms with Crippen molar-refractivity contribution in [1.29, 1.82) is 0 Å². The van der Waals surface area contributed by atoms with E-state index in [0.29, 0.717) is 31.1 Å². The van der Waals surface area contributed by atoms with E-state index in [1.54, 1.807) is 42.5 Å². The van der Waals surface area contributed by atoms with Crippen LogP contribution in [0.2, 0.25) is 0 Å². The van der Waals surface area contributed by atoms with Crippen molar-refractivity contribution in [2.75, 3.05) is 14.2 Å². The molecule has 2 N–H and O–H groups in total. The van der Waals surface area contributed by atoms with Crippen LogP contribution in [0.4, 0.5) is 0 Å². The van der Waals surface area contributed by atoms with Crippen molar-refractivity contribution in [2.24, 2.45) is 0 Å². The van der Waals surface area contributed by atoms with Gasteiger partial charge in [0, 0.05) is 5.56 Å². The summed E-state index contributed by atoms with van der Waals surface area (Å²) in [5.41, 5.74) is 3.55. The average Bonchev–Trinajstić information content (AvgIpc) is 2.97. The fourth-order valence-electron chi connectivity index (χ4n) is 2.46. The van der Waals surface area contributed by atoms with Crippen molar-refractivity contribution in [1.82, 2.24) is 10.4 Å². The second-order valence-electron chi connectivity index (χ2n) is 5.74. The third-order valence-corrected chi connectivity index (χ3v) is 6.05. The molecule has 10 heteroatoms. The van der Waals surface area contributed by atoms with Gasteiger partial charge < -0.3 is 14.6 Å². The number of ether oxygens (including phenoxy) is 2. The Morgan fingerprint density at radius 2 is 1.93 bits per heavy atom. The van der Waals surface area contributed by atoms with E-state index >= 15 is 0 Å². The fraction of sp³-hybridized carbons (Fsp3) is 0.105. The van der Waals surface area contributed by atoms with Crippen LogP contribution in [-0.4, -0.2) is 40.5 Å². The summed E-state index contributed by atoms with van der Waals surface area (Å²) in [7, 11) is 2.98. The monoisotopic (exact) mass is 542 g/mol. The molecule has 3 rings (SSSR count). The van der Waals surface area contributed by atoms with Gasteiger partial charge in [-0.05, 0) is 82.8 Å². The number of phenols is 1. The topological polar surface area (TPSA) is 88.1 Å². The van der Waals surface area contributed by atoms with Gasteiger partial charge in [0.2, 0.25) is 0 Å². The van der Waals surface area contributed by atoms with Gasteiger partial charge in [-0.1, -0.05) is 11.8 Å². The summed E-state index contributed by atoms with van der Waals surface area (Å²) in [5, 5.41) is 11.0. The van der Waals surface area contributed by atoms with Crippen LogP contribution in [-0.2, 0) is 4.79 Å². The maximum Gasteiger partial charge on any atom is 0.285 e. The molecular weight excluding hydrogens is 527 g/mol. The molecular formula is C19H15IN2O5S2. The minimum atomic E-state index is -0.467. The van der Waals surface area contributed by atoms with Crippen LogP contribution in [0.5, 0.6) is 17.2 Å². The number of nitrogens with one attached hydrogen (secondary N) is 1. The number of hydrogen-bond donors (Lipinski definition) is 2. The third-order valence-electron chi connectivity index (χ3n) is 3.93. The number of aromatic hydroxyl groups is 1. The van der Waals surface area contributed by atoms with Gasteiger partial charge in [-0.2, -0.15) is 5.01 Å². The van der Waals surface area contributed by atoms with Crippen LogP contribution in [0.15, 0.2) is 41.3 Å². The van der Waals surface area contributed by atoms with Gasteiger partial charge in [0.1, 0.15) is 5.75 Å². The molecule has 150 valence electrons. The second-order valence-corrected chi connectivity index (χ2v) is 8.58. The van der Waals surface area contributed by atoms with Crippen LogP contribution in [0.1, 0.15) is 15.9 Å². The number of nitrogens with zero attached hydrogens (tertiary/aromatic N) is 1. The zero-order valence-corrected chi connectivity index (χ0v) is 19.1. The summed E-state index contributed by atoms with van der Waals surface area (Å²) in [6.07, 6.45) is 1.63. The van der Waals surface area contributed by atoms with Gasteiger partial charge >= 0.3 is 0 Å². The molecule has 0 bridgehead atoms. The first kappa shape index (κ1) is 21.4. The van der Waals surface area contributed by atoms with E-state index in [4.69, 9.17) is 21.7 Å². The summed E-state index contributed by atoms with van der Waals surface area (Å²) in [6.45, 7) is 0. The van der Waals surface area contributed by atoms with E-state index in [1.807, 2.05) is 22.6 Å². The van der Waals surface area contributed by atoms with E-state index in [9.17, 15) is 14.7 Å². The number of halogens is 1. The number of amides is 2. The lowest BCUT2D eigenvalue weighted by molar-refractivity contribution is -0.123. The number of thiocarbonyl (C=S) groups is 1. The third kappa shape index (κ3) is 4.65. The molecule has 0 aliphatic carbocycles. The predicted octanol–water partition coefficient (Wildman–Crippen LogP) is 3.56. The molecule has 7 nitrogen and oxygen atoms in total. The molecule has 2 aromatic rings. The molecule has 0 aromatic heterocycles. The fourth-order valence-corrected chi connectivity index (χ4v) is 4.26. The van der Waals surface area contributed by atoms with Gasteiger partial charge in [0.15, 0.2) is 15.8 Å². The molecule has 0 radical (unpaired) electrons. The Morgan fingerprint density at radius 1 is 1.24 bits per heavy atom. The van der Waals surface area contributed by atoms with Crippen molar-refractivity contribution in [2.45, 2.75) is 0 Å². The van der Waals surface area contributed by atoms with Gasteiger partial charge in [-0.3, -0.25) is 15.0 Å². The molecule has 1 fully saturated rings. The number of hydrogen-bond acceptors (Lipinski definition) is 7. The summed E-state index contributed by atoms with van der Waals surface area (Å²) >= 11 is 8.29. The van der Waals surface area contributed by atoms with Crippen molar-refractivity contribution >= 4 is 68.8 Å². The molecule has 0 atom stereocenters. The highest BCUT2D eigenvalue weighted by Gasteiger charge is 2.34. The standard InChI is InChI=1S/C19H15IN2O5S2/c1-26-12-5-3-11(4-6-12)17(24)21-22-18(25)15(29-19(22)28)9-10-7-13(20)16(23)14(8-10)27-2/h3-9,23H,1-2H3,(H,21,24)/b15-9+. The molecule has 1 aliphatic heterocycles. The van der Waals surface area contributed by atoms with Crippen LogP contribution < -0.4 is 14.9 Å². The Morgan fingerprint density at radius 3 is 2.55 bits per heavy atom. The molecule has 0 unspecified atom stereocenters. The Balaban J connectivity index is 1.79. The van der Waals surface area contributed by atoms with Gasteiger partial charge in [0.25, 0.3) is 11.8 Å². The number of carbonyl (C=O) groups is 2. The van der Waals surface area contributed by atoms with E-state index in [-0.39, 0.29) is 10.1 Å². The lowest BCUT2D eigenvalue weighted by Gasteiger charge is -2.15. The average molecular weight is 542 g/mol. The summed E-state index contributed by atoms with van der Waals surface area (Å²) < 4.78 is 11.0. The van der Waals surface area contributed by atoms with Crippen molar-refractivity contribution in [3.05, 3.63) is 56.0 Å². The predicted molar refractivity (Wildman–Crippen MR) is 123 cm³/mol. The van der Waals surface area contributed by atoms with E-state index in [2.05, 4.69) is 5.43 Å². The first-order valence-electron chi connectivity index (χ1n) is 8.13. The number of carbonyl (C=O) groups excluding carboxylic acids is 2. The van der Waals surface area contributed by atoms with Crippen LogP contribution in [0, 0.1) is 3.57 Å². The minimum absolute atomic E-state index is 0.0320. The Bertz CT molecular complexity index is 1020. The highest BCUT2D eigenvalue weighted by atomic mass is 127. The summed E-state index contributed by atoms with van der Waals surface area (Å²) in [4.78, 5) is 25.5. The first-order chi connectivity index (χ1) is 13.8.